The number of aromatic nitrogens is 2. The Morgan fingerprint density at radius 3 is 2.78 bits per heavy atom. The van der Waals surface area contributed by atoms with Crippen LogP contribution in [0.4, 0.5) is 0 Å². The number of carbonyl (C=O) groups is 1. The van der Waals surface area contributed by atoms with Gasteiger partial charge in [-0.1, -0.05) is 16.8 Å². The maximum Gasteiger partial charge on any atom is 0.220 e. The lowest BCUT2D eigenvalue weighted by atomic mass is 9.92. The van der Waals surface area contributed by atoms with Gasteiger partial charge in [0.1, 0.15) is 23.3 Å². The number of aryl methyl sites for hydroxylation is 1. The fraction of sp³-hybridized carbons (Fsp3) is 0.400. The van der Waals surface area contributed by atoms with E-state index in [2.05, 4.69) is 10.3 Å². The van der Waals surface area contributed by atoms with Crippen LogP contribution < -0.4 is 0 Å². The molecule has 0 bridgehead atoms. The van der Waals surface area contributed by atoms with Gasteiger partial charge in [-0.3, -0.25) is 4.79 Å². The van der Waals surface area contributed by atoms with Crippen molar-refractivity contribution in [3.05, 3.63) is 34.0 Å². The Kier molecular flexibility index (Phi) is 5.49. The van der Waals surface area contributed by atoms with Crippen LogP contribution in [0.2, 0.25) is 0 Å². The molecule has 6 nitrogen and oxygen atoms in total. The van der Waals surface area contributed by atoms with Gasteiger partial charge in [-0.05, 0) is 32.4 Å². The van der Waals surface area contributed by atoms with Crippen LogP contribution in [0.3, 0.4) is 0 Å². The number of rotatable bonds is 5. The summed E-state index contributed by atoms with van der Waals surface area (Å²) in [5, 5.41) is 17.4. The van der Waals surface area contributed by atoms with Crippen LogP contribution in [0.5, 0.6) is 5.88 Å². The molecule has 1 aliphatic rings. The third-order valence-electron chi connectivity index (χ3n) is 3.37. The Hall–Kier alpha value is -1.79. The zero-order valence-corrected chi connectivity index (χ0v) is 14.5. The van der Waals surface area contributed by atoms with Gasteiger partial charge >= 0.3 is 0 Å². The highest BCUT2D eigenvalue weighted by Crippen LogP contribution is 2.32. The molecule has 1 aliphatic carbocycles. The number of nitrogens with zero attached hydrogens (tertiary/aromatic N) is 3. The third kappa shape index (κ3) is 3.28. The number of aromatic hydroxyl groups is 1. The van der Waals surface area contributed by atoms with E-state index in [4.69, 9.17) is 28.0 Å². The molecular formula is C15H17Cl2N3O3. The number of allylic oxidation sites excluding steroid dienone is 4. The van der Waals surface area contributed by atoms with E-state index in [0.29, 0.717) is 23.8 Å². The highest BCUT2D eigenvalue weighted by molar-refractivity contribution is 6.52. The second kappa shape index (κ2) is 7.19. The van der Waals surface area contributed by atoms with E-state index in [1.54, 1.807) is 19.9 Å². The first kappa shape index (κ1) is 17.6. The standard InChI is InChI=1S/C15H17Cl2N3O3/c1-4-20-15(22)10(7-18-20)14(21)9-6-8(3)11(16)13(12(9)17)19-23-5-2/h6-7,12,22H,4-5H2,1-3H3. The van der Waals surface area contributed by atoms with Crippen molar-refractivity contribution < 1.29 is 14.7 Å². The lowest BCUT2D eigenvalue weighted by Gasteiger charge is -2.20. The topological polar surface area (TPSA) is 76.7 Å². The molecule has 0 fully saturated rings. The van der Waals surface area contributed by atoms with E-state index in [1.165, 1.54) is 10.9 Å². The van der Waals surface area contributed by atoms with E-state index in [1.807, 2.05) is 6.92 Å². The number of hydrogen-bond acceptors (Lipinski definition) is 5. The van der Waals surface area contributed by atoms with Crippen molar-refractivity contribution >= 4 is 34.7 Å². The Balaban J connectivity index is 2.43. The summed E-state index contributed by atoms with van der Waals surface area (Å²) < 4.78 is 1.32. The molecular weight excluding hydrogens is 341 g/mol. The maximum atomic E-state index is 12.7. The van der Waals surface area contributed by atoms with Gasteiger partial charge in [0.2, 0.25) is 5.88 Å². The summed E-state index contributed by atoms with van der Waals surface area (Å²) in [6.07, 6.45) is 2.91. The number of hydrogen-bond donors (Lipinski definition) is 1. The average Bonchev–Trinajstić information content (AvgIpc) is 2.91. The van der Waals surface area contributed by atoms with Crippen molar-refractivity contribution in [2.45, 2.75) is 32.7 Å². The molecule has 8 heteroatoms. The van der Waals surface area contributed by atoms with Crippen molar-refractivity contribution in [2.24, 2.45) is 5.16 Å². The number of carbonyl (C=O) groups excluding carboxylic acids is 1. The van der Waals surface area contributed by atoms with Crippen LogP contribution in [-0.4, -0.2) is 38.4 Å². The molecule has 2 rings (SSSR count). The second-order valence-electron chi connectivity index (χ2n) is 4.88. The second-order valence-corrected chi connectivity index (χ2v) is 5.69. The van der Waals surface area contributed by atoms with Gasteiger partial charge < -0.3 is 9.94 Å². The molecule has 0 radical (unpaired) electrons. The summed E-state index contributed by atoms with van der Waals surface area (Å²) in [6.45, 7) is 6.14. The third-order valence-corrected chi connectivity index (χ3v) is 4.30. The van der Waals surface area contributed by atoms with Crippen LogP contribution in [0.25, 0.3) is 0 Å². The SMILES string of the molecule is CCON=C1C(Cl)=C(C)C=C(C(=O)c2cnn(CC)c2O)C1Cl. The number of alkyl halides is 1. The monoisotopic (exact) mass is 357 g/mol. The summed E-state index contributed by atoms with van der Waals surface area (Å²) in [5.41, 5.74) is 1.27. The molecule has 0 saturated heterocycles. The molecule has 1 atom stereocenters. The van der Waals surface area contributed by atoms with Gasteiger partial charge in [0.05, 0.1) is 11.2 Å². The van der Waals surface area contributed by atoms with Gasteiger partial charge in [0.25, 0.3) is 0 Å². The van der Waals surface area contributed by atoms with Gasteiger partial charge in [0, 0.05) is 12.1 Å². The molecule has 0 amide bonds. The van der Waals surface area contributed by atoms with Crippen LogP contribution in [0, 0.1) is 0 Å². The minimum Gasteiger partial charge on any atom is -0.493 e. The molecule has 0 spiro atoms. The molecule has 1 aromatic heterocycles. The fourth-order valence-corrected chi connectivity index (χ4v) is 2.72. The average molecular weight is 358 g/mol. The quantitative estimate of drug-likeness (QED) is 0.498. The van der Waals surface area contributed by atoms with E-state index in [-0.39, 0.29) is 22.7 Å². The van der Waals surface area contributed by atoms with Crippen LogP contribution in [-0.2, 0) is 11.4 Å². The Labute approximate surface area is 144 Å². The molecule has 0 aromatic carbocycles. The van der Waals surface area contributed by atoms with Crippen molar-refractivity contribution in [1.29, 1.82) is 0 Å². The summed E-state index contributed by atoms with van der Waals surface area (Å²) in [7, 11) is 0. The molecule has 0 aliphatic heterocycles. The zero-order chi connectivity index (χ0) is 17.1. The first-order chi connectivity index (χ1) is 10.9. The highest BCUT2D eigenvalue weighted by atomic mass is 35.5. The number of halogens is 2. The smallest absolute Gasteiger partial charge is 0.220 e. The predicted molar refractivity (Wildman–Crippen MR) is 89.2 cm³/mol. The summed E-state index contributed by atoms with van der Waals surface area (Å²) in [4.78, 5) is 17.7. The van der Waals surface area contributed by atoms with Crippen LogP contribution in [0.1, 0.15) is 31.1 Å². The van der Waals surface area contributed by atoms with Crippen LogP contribution >= 0.6 is 23.2 Å². The molecule has 1 unspecified atom stereocenters. The molecule has 1 heterocycles. The van der Waals surface area contributed by atoms with Crippen molar-refractivity contribution in [3.63, 3.8) is 0 Å². The highest BCUT2D eigenvalue weighted by Gasteiger charge is 2.33. The van der Waals surface area contributed by atoms with E-state index in [0.717, 1.165) is 0 Å². The lowest BCUT2D eigenvalue weighted by Crippen LogP contribution is -2.27. The predicted octanol–water partition coefficient (Wildman–Crippen LogP) is 3.24. The molecule has 23 heavy (non-hydrogen) atoms. The van der Waals surface area contributed by atoms with Crippen molar-refractivity contribution in [3.8, 4) is 5.88 Å². The first-order valence-corrected chi connectivity index (χ1v) is 7.95. The molecule has 1 N–H and O–H groups in total. The summed E-state index contributed by atoms with van der Waals surface area (Å²) >= 11 is 12.6. The maximum absolute atomic E-state index is 12.7. The Bertz CT molecular complexity index is 720. The van der Waals surface area contributed by atoms with E-state index in [9.17, 15) is 9.90 Å². The minimum atomic E-state index is -0.866. The summed E-state index contributed by atoms with van der Waals surface area (Å²) in [6, 6.07) is 0. The number of ketones is 1. The zero-order valence-electron chi connectivity index (χ0n) is 13.0. The van der Waals surface area contributed by atoms with Gasteiger partial charge in [0.15, 0.2) is 5.78 Å². The summed E-state index contributed by atoms with van der Waals surface area (Å²) in [5.74, 6) is -0.612. The Morgan fingerprint density at radius 1 is 1.52 bits per heavy atom. The number of oxime groups is 1. The van der Waals surface area contributed by atoms with Gasteiger partial charge in [-0.2, -0.15) is 5.10 Å². The fourth-order valence-electron chi connectivity index (χ4n) is 2.16. The molecule has 0 saturated carbocycles. The van der Waals surface area contributed by atoms with Crippen molar-refractivity contribution in [1.82, 2.24) is 9.78 Å². The van der Waals surface area contributed by atoms with E-state index >= 15 is 0 Å². The van der Waals surface area contributed by atoms with Gasteiger partial charge in [-0.25, -0.2) is 4.68 Å². The minimum absolute atomic E-state index is 0.0883. The Morgan fingerprint density at radius 2 is 2.22 bits per heavy atom. The molecule has 124 valence electrons. The lowest BCUT2D eigenvalue weighted by molar-refractivity contribution is 0.103. The largest absolute Gasteiger partial charge is 0.493 e. The van der Waals surface area contributed by atoms with E-state index < -0.39 is 11.2 Å². The van der Waals surface area contributed by atoms with Crippen molar-refractivity contribution in [2.75, 3.05) is 6.61 Å². The molecule has 1 aromatic rings. The van der Waals surface area contributed by atoms with Crippen LogP contribution in [0.15, 0.2) is 33.6 Å². The van der Waals surface area contributed by atoms with Gasteiger partial charge in [-0.15, -0.1) is 11.6 Å². The normalized spacial score (nSPS) is 20.0. The first-order valence-electron chi connectivity index (χ1n) is 7.14. The number of Topliss-reactive ketones (excluding diaryl/α,β-unsaturated/α-hetero) is 1.